The summed E-state index contributed by atoms with van der Waals surface area (Å²) >= 11 is 3.23. The molecule has 0 saturated carbocycles. The van der Waals surface area contributed by atoms with Crippen LogP contribution in [0, 0.1) is 0 Å². The first-order valence-corrected chi connectivity index (χ1v) is 6.71. The lowest BCUT2D eigenvalue weighted by atomic mass is 10.1. The Hall–Kier alpha value is -1.89. The lowest BCUT2D eigenvalue weighted by Crippen LogP contribution is -2.16. The molecule has 0 aliphatic rings. The summed E-state index contributed by atoms with van der Waals surface area (Å²) in [6.45, 7) is 1.90. The Balaban J connectivity index is 2.86. The fourth-order valence-electron chi connectivity index (χ4n) is 1.44. The number of carbonyl (C=O) groups is 3. The SMILES string of the molecule is CCOC(=O)c1cc(Br)ccc1NC(=O)CCC(=O)O. The van der Waals surface area contributed by atoms with E-state index in [-0.39, 0.29) is 25.0 Å². The topological polar surface area (TPSA) is 92.7 Å². The summed E-state index contributed by atoms with van der Waals surface area (Å²) in [7, 11) is 0. The molecule has 20 heavy (non-hydrogen) atoms. The summed E-state index contributed by atoms with van der Waals surface area (Å²) in [5.74, 6) is -2.08. The number of rotatable bonds is 6. The highest BCUT2D eigenvalue weighted by Gasteiger charge is 2.15. The Bertz CT molecular complexity index is 529. The highest BCUT2D eigenvalue weighted by molar-refractivity contribution is 9.10. The van der Waals surface area contributed by atoms with E-state index in [4.69, 9.17) is 9.84 Å². The zero-order valence-corrected chi connectivity index (χ0v) is 12.4. The minimum Gasteiger partial charge on any atom is -0.481 e. The third-order valence-electron chi connectivity index (χ3n) is 2.32. The van der Waals surface area contributed by atoms with E-state index in [0.29, 0.717) is 10.2 Å². The van der Waals surface area contributed by atoms with Gasteiger partial charge >= 0.3 is 11.9 Å². The quantitative estimate of drug-likeness (QED) is 0.773. The summed E-state index contributed by atoms with van der Waals surface area (Å²) in [6, 6.07) is 4.75. The normalized spacial score (nSPS) is 9.90. The third-order valence-corrected chi connectivity index (χ3v) is 2.81. The van der Waals surface area contributed by atoms with Crippen molar-refractivity contribution in [2.45, 2.75) is 19.8 Å². The van der Waals surface area contributed by atoms with Crippen molar-refractivity contribution in [2.75, 3.05) is 11.9 Å². The van der Waals surface area contributed by atoms with Crippen LogP contribution in [-0.2, 0) is 14.3 Å². The molecule has 1 aromatic rings. The summed E-state index contributed by atoms with van der Waals surface area (Å²) in [5, 5.41) is 11.0. The zero-order chi connectivity index (χ0) is 15.1. The molecule has 0 fully saturated rings. The minimum atomic E-state index is -1.05. The number of halogens is 1. The highest BCUT2D eigenvalue weighted by Crippen LogP contribution is 2.22. The van der Waals surface area contributed by atoms with Gasteiger partial charge in [-0.15, -0.1) is 0 Å². The zero-order valence-electron chi connectivity index (χ0n) is 10.8. The van der Waals surface area contributed by atoms with Gasteiger partial charge in [0, 0.05) is 10.9 Å². The van der Waals surface area contributed by atoms with Crippen molar-refractivity contribution < 1.29 is 24.2 Å². The summed E-state index contributed by atoms with van der Waals surface area (Å²) in [4.78, 5) is 33.8. The van der Waals surface area contributed by atoms with Crippen molar-refractivity contribution in [3.63, 3.8) is 0 Å². The lowest BCUT2D eigenvalue weighted by Gasteiger charge is -2.10. The van der Waals surface area contributed by atoms with Crippen molar-refractivity contribution in [1.29, 1.82) is 0 Å². The first-order valence-electron chi connectivity index (χ1n) is 5.92. The molecule has 108 valence electrons. The molecule has 1 amide bonds. The van der Waals surface area contributed by atoms with Crippen LogP contribution in [0.25, 0.3) is 0 Å². The van der Waals surface area contributed by atoms with Gasteiger partial charge < -0.3 is 15.2 Å². The van der Waals surface area contributed by atoms with Crippen LogP contribution in [0.4, 0.5) is 5.69 Å². The largest absolute Gasteiger partial charge is 0.481 e. The van der Waals surface area contributed by atoms with Crippen LogP contribution in [0.15, 0.2) is 22.7 Å². The van der Waals surface area contributed by atoms with E-state index in [0.717, 1.165) is 0 Å². The van der Waals surface area contributed by atoms with Crippen LogP contribution >= 0.6 is 15.9 Å². The molecule has 0 aromatic heterocycles. The van der Waals surface area contributed by atoms with Crippen LogP contribution in [0.5, 0.6) is 0 Å². The molecule has 2 N–H and O–H groups in total. The molecular formula is C13H14BrNO5. The fourth-order valence-corrected chi connectivity index (χ4v) is 1.80. The molecule has 7 heteroatoms. The second-order valence-electron chi connectivity index (χ2n) is 3.85. The van der Waals surface area contributed by atoms with Crippen LogP contribution in [0.3, 0.4) is 0 Å². The second kappa shape index (κ2) is 7.64. The molecule has 0 unspecified atom stereocenters. The number of hydrogen-bond acceptors (Lipinski definition) is 4. The molecular weight excluding hydrogens is 330 g/mol. The Morgan fingerprint density at radius 1 is 1.30 bits per heavy atom. The predicted octanol–water partition coefficient (Wildman–Crippen LogP) is 2.43. The highest BCUT2D eigenvalue weighted by atomic mass is 79.9. The number of carboxylic acids is 1. The van der Waals surface area contributed by atoms with E-state index in [9.17, 15) is 14.4 Å². The van der Waals surface area contributed by atoms with Gasteiger partial charge in [-0.25, -0.2) is 4.79 Å². The Kier molecular flexibility index (Phi) is 6.17. The van der Waals surface area contributed by atoms with E-state index in [1.807, 2.05) is 0 Å². The summed E-state index contributed by atoms with van der Waals surface area (Å²) in [5.41, 5.74) is 0.506. The van der Waals surface area contributed by atoms with Crippen LogP contribution < -0.4 is 5.32 Å². The van der Waals surface area contributed by atoms with Gasteiger partial charge in [-0.05, 0) is 25.1 Å². The number of amides is 1. The lowest BCUT2D eigenvalue weighted by molar-refractivity contribution is -0.138. The van der Waals surface area contributed by atoms with Crippen molar-refractivity contribution in [1.82, 2.24) is 0 Å². The Labute approximate surface area is 124 Å². The van der Waals surface area contributed by atoms with Gasteiger partial charge in [-0.2, -0.15) is 0 Å². The third kappa shape index (κ3) is 5.00. The molecule has 1 aromatic carbocycles. The van der Waals surface area contributed by atoms with Crippen molar-refractivity contribution in [2.24, 2.45) is 0 Å². The monoisotopic (exact) mass is 343 g/mol. The number of benzene rings is 1. The molecule has 0 saturated heterocycles. The van der Waals surface area contributed by atoms with Gasteiger partial charge in [0.1, 0.15) is 0 Å². The maximum absolute atomic E-state index is 11.8. The number of anilines is 1. The fraction of sp³-hybridized carbons (Fsp3) is 0.308. The molecule has 0 aliphatic carbocycles. The number of esters is 1. The maximum Gasteiger partial charge on any atom is 0.340 e. The number of aliphatic carboxylic acids is 1. The van der Waals surface area contributed by atoms with E-state index < -0.39 is 17.8 Å². The number of carboxylic acid groups (broad SMARTS) is 1. The van der Waals surface area contributed by atoms with Crippen LogP contribution in [0.1, 0.15) is 30.1 Å². The van der Waals surface area contributed by atoms with Crippen molar-refractivity contribution in [3.8, 4) is 0 Å². The van der Waals surface area contributed by atoms with Gasteiger partial charge in [0.15, 0.2) is 0 Å². The molecule has 6 nitrogen and oxygen atoms in total. The maximum atomic E-state index is 11.8. The molecule has 0 radical (unpaired) electrons. The molecule has 0 aliphatic heterocycles. The predicted molar refractivity (Wildman–Crippen MR) is 75.6 cm³/mol. The Morgan fingerprint density at radius 2 is 2.00 bits per heavy atom. The molecule has 0 spiro atoms. The van der Waals surface area contributed by atoms with E-state index >= 15 is 0 Å². The average Bonchev–Trinajstić information content (AvgIpc) is 2.38. The summed E-state index contributed by atoms with van der Waals surface area (Å²) < 4.78 is 5.57. The van der Waals surface area contributed by atoms with E-state index in [1.54, 1.807) is 19.1 Å². The van der Waals surface area contributed by atoms with Gasteiger partial charge in [0.2, 0.25) is 5.91 Å². The first kappa shape index (κ1) is 16.2. The average molecular weight is 344 g/mol. The van der Waals surface area contributed by atoms with Crippen LogP contribution in [0.2, 0.25) is 0 Å². The van der Waals surface area contributed by atoms with E-state index in [2.05, 4.69) is 21.2 Å². The minimum absolute atomic E-state index is 0.159. The molecule has 0 atom stereocenters. The van der Waals surface area contributed by atoms with Crippen molar-refractivity contribution in [3.05, 3.63) is 28.2 Å². The molecule has 1 rings (SSSR count). The van der Waals surface area contributed by atoms with Gasteiger partial charge in [0.25, 0.3) is 0 Å². The van der Waals surface area contributed by atoms with Crippen LogP contribution in [-0.4, -0.2) is 29.6 Å². The summed E-state index contributed by atoms with van der Waals surface area (Å²) in [6.07, 6.45) is -0.426. The standard InChI is InChI=1S/C13H14BrNO5/c1-2-20-13(19)9-7-8(14)3-4-10(9)15-11(16)5-6-12(17)18/h3-4,7H,2,5-6H2,1H3,(H,15,16)(H,17,18). The number of ether oxygens (including phenoxy) is 1. The van der Waals surface area contributed by atoms with Crippen molar-refractivity contribution >= 4 is 39.5 Å². The Morgan fingerprint density at radius 3 is 2.60 bits per heavy atom. The number of nitrogens with one attached hydrogen (secondary N) is 1. The molecule has 0 heterocycles. The van der Waals surface area contributed by atoms with Gasteiger partial charge in [-0.3, -0.25) is 9.59 Å². The van der Waals surface area contributed by atoms with Gasteiger partial charge in [-0.1, -0.05) is 15.9 Å². The molecule has 0 bridgehead atoms. The first-order chi connectivity index (χ1) is 9.43. The van der Waals surface area contributed by atoms with E-state index in [1.165, 1.54) is 6.07 Å². The number of hydrogen-bond donors (Lipinski definition) is 2. The smallest absolute Gasteiger partial charge is 0.340 e. The number of carbonyl (C=O) groups excluding carboxylic acids is 2. The second-order valence-corrected chi connectivity index (χ2v) is 4.77. The van der Waals surface area contributed by atoms with Gasteiger partial charge in [0.05, 0.1) is 24.3 Å².